The Morgan fingerprint density at radius 3 is 0.916 bits per heavy atom. The summed E-state index contributed by atoms with van der Waals surface area (Å²) in [5.41, 5.74) is 25.9. The van der Waals surface area contributed by atoms with E-state index in [0.717, 1.165) is 30.6 Å². The topological polar surface area (TPSA) is 569 Å². The monoisotopic (exact) mass is 1330 g/mol. The number of nitrogens with zero attached hydrogens (tertiary/aromatic N) is 5. The number of carboxylic acids is 2. The van der Waals surface area contributed by atoms with Crippen molar-refractivity contribution in [2.75, 3.05) is 0 Å². The van der Waals surface area contributed by atoms with Crippen molar-refractivity contribution in [1.29, 1.82) is 0 Å². The number of esters is 5. The SMILES string of the molecule is C=CC(=O)Cl.C=CC(=O)Oc1ccc(C(N)=O)cn1.C=CC(=O)Oc1ccc(C(N)=O)cn1.CC(=O)Oc1ccc(C(=O)O)cn1.CC(=O)Oc1ccc(C(N)=O)cn1.CCC(C)C(=O)Oc1ccc(C(N)=O)cn1.NC(=O)c1ccc(=O)[nH]c1.O=C(O)c1ccc(=O)[nH]c1. The molecule has 0 bridgehead atoms. The molecule has 1 unspecified atom stereocenters. The zero-order chi connectivity index (χ0) is 72.3. The number of aromatic carboxylic acids is 2. The number of hydrogen-bond donors (Lipinski definition) is 9. The number of H-pyrrole nitrogens is 2. The highest BCUT2D eigenvalue weighted by atomic mass is 35.5. The number of aromatic nitrogens is 7. The lowest BCUT2D eigenvalue weighted by Crippen LogP contribution is -2.18. The Morgan fingerprint density at radius 2 is 0.705 bits per heavy atom. The van der Waals surface area contributed by atoms with Gasteiger partial charge in [-0.1, -0.05) is 33.6 Å². The van der Waals surface area contributed by atoms with Crippen LogP contribution in [-0.4, -0.2) is 122 Å². The number of primary amides is 5. The van der Waals surface area contributed by atoms with Crippen LogP contribution in [0, 0.1) is 5.92 Å². The Balaban J connectivity index is 0.00000108. The van der Waals surface area contributed by atoms with Gasteiger partial charge in [-0.15, -0.1) is 0 Å². The third-order valence-corrected chi connectivity index (χ3v) is 9.94. The van der Waals surface area contributed by atoms with Crippen molar-refractivity contribution in [3.8, 4) is 29.4 Å². The van der Waals surface area contributed by atoms with Crippen LogP contribution in [0.25, 0.3) is 0 Å². The number of allylic oxidation sites excluding steroid dienone is 1. The van der Waals surface area contributed by atoms with E-state index < -0.39 is 70.6 Å². The van der Waals surface area contributed by atoms with Gasteiger partial charge in [-0.05, 0) is 66.6 Å². The molecule has 0 aliphatic heterocycles. The van der Waals surface area contributed by atoms with E-state index in [4.69, 9.17) is 55.2 Å². The summed E-state index contributed by atoms with van der Waals surface area (Å²) in [6.07, 6.45) is 12.3. The van der Waals surface area contributed by atoms with Crippen LogP contribution in [0.2, 0.25) is 0 Å². The molecule has 7 rings (SSSR count). The molecular formula is C60H59ClN12O22. The fourth-order valence-corrected chi connectivity index (χ4v) is 4.97. The Kier molecular flexibility index (Phi) is 37.7. The highest BCUT2D eigenvalue weighted by molar-refractivity contribution is 6.66. The molecule has 0 saturated carbocycles. The Bertz CT molecular complexity index is 3710. The van der Waals surface area contributed by atoms with Gasteiger partial charge in [0, 0.05) is 112 Å². The van der Waals surface area contributed by atoms with Gasteiger partial charge in [-0.3, -0.25) is 52.7 Å². The molecule has 0 aromatic carbocycles. The second-order valence-corrected chi connectivity index (χ2v) is 17.3. The molecule has 0 aliphatic rings. The predicted molar refractivity (Wildman–Crippen MR) is 332 cm³/mol. The van der Waals surface area contributed by atoms with Crippen LogP contribution < -0.4 is 63.5 Å². The first-order chi connectivity index (χ1) is 44.7. The maximum atomic E-state index is 11.4. The summed E-state index contributed by atoms with van der Waals surface area (Å²) >= 11 is 4.71. The van der Waals surface area contributed by atoms with Gasteiger partial charge in [-0.2, -0.15) is 0 Å². The summed E-state index contributed by atoms with van der Waals surface area (Å²) in [4.78, 5) is 181. The van der Waals surface area contributed by atoms with Crippen molar-refractivity contribution in [2.45, 2.75) is 34.1 Å². The highest BCUT2D eigenvalue weighted by Gasteiger charge is 2.14. The minimum Gasteiger partial charge on any atom is -0.478 e. The number of carbonyl (C=O) groups is 13. The summed E-state index contributed by atoms with van der Waals surface area (Å²) in [6.45, 7) is 15.7. The molecule has 0 radical (unpaired) electrons. The normalized spacial score (nSPS) is 9.53. The van der Waals surface area contributed by atoms with Gasteiger partial charge in [-0.25, -0.2) is 44.1 Å². The first-order valence-corrected chi connectivity index (χ1v) is 26.3. The number of carboxylic acid groups (broad SMARTS) is 2. The summed E-state index contributed by atoms with van der Waals surface area (Å²) in [7, 11) is 0. The van der Waals surface area contributed by atoms with Crippen molar-refractivity contribution in [3.05, 3.63) is 226 Å². The molecule has 0 fully saturated rings. The van der Waals surface area contributed by atoms with Crippen LogP contribution in [0.4, 0.5) is 0 Å². The number of ether oxygens (including phenoxy) is 5. The fraction of sp³-hybridized carbons (Fsp3) is 0.100. The van der Waals surface area contributed by atoms with E-state index in [9.17, 15) is 71.9 Å². The summed E-state index contributed by atoms with van der Waals surface area (Å²) in [5, 5.41) is 16.4. The number of halogens is 1. The lowest BCUT2D eigenvalue weighted by Gasteiger charge is -2.07. The van der Waals surface area contributed by atoms with Crippen LogP contribution in [-0.2, 0) is 28.8 Å². The van der Waals surface area contributed by atoms with Crippen LogP contribution >= 0.6 is 11.6 Å². The van der Waals surface area contributed by atoms with E-state index >= 15 is 0 Å². The van der Waals surface area contributed by atoms with Crippen molar-refractivity contribution >= 4 is 88.2 Å². The highest BCUT2D eigenvalue weighted by Crippen LogP contribution is 2.13. The number of hydrogen-bond acceptors (Lipinski definition) is 25. The Morgan fingerprint density at radius 1 is 0.442 bits per heavy atom. The molecule has 1 atom stereocenters. The lowest BCUT2D eigenvalue weighted by atomic mass is 10.1. The lowest BCUT2D eigenvalue weighted by molar-refractivity contribution is -0.139. The quantitative estimate of drug-likeness (QED) is 0.0359. The third-order valence-electron chi connectivity index (χ3n) is 9.79. The molecule has 14 N–H and O–H groups in total. The van der Waals surface area contributed by atoms with Gasteiger partial charge < -0.3 is 72.5 Å². The summed E-state index contributed by atoms with van der Waals surface area (Å²) in [5.74, 6) is -7.00. The summed E-state index contributed by atoms with van der Waals surface area (Å²) < 4.78 is 23.6. The van der Waals surface area contributed by atoms with Gasteiger partial charge in [0.2, 0.25) is 75.3 Å². The second kappa shape index (κ2) is 44.0. The Hall–Kier alpha value is -13.5. The molecule has 7 aromatic heterocycles. The maximum absolute atomic E-state index is 11.4. The van der Waals surface area contributed by atoms with E-state index in [1.807, 2.05) is 6.92 Å². The van der Waals surface area contributed by atoms with Crippen molar-refractivity contribution < 1.29 is 96.2 Å². The first-order valence-electron chi connectivity index (χ1n) is 25.9. The minimum absolute atomic E-state index is 0.0518. The Labute approximate surface area is 541 Å². The number of pyridine rings is 7. The molecule has 0 spiro atoms. The molecule has 34 nitrogen and oxygen atoms in total. The van der Waals surface area contributed by atoms with E-state index in [2.05, 4.69) is 73.6 Å². The molecule has 0 saturated heterocycles. The van der Waals surface area contributed by atoms with E-state index in [-0.39, 0.29) is 85.8 Å². The van der Waals surface area contributed by atoms with Crippen LogP contribution in [0.15, 0.2) is 176 Å². The van der Waals surface area contributed by atoms with Crippen LogP contribution in [0.1, 0.15) is 107 Å². The number of carbonyl (C=O) groups excluding carboxylic acids is 11. The number of nitrogens with two attached hydrogens (primary N) is 5. The van der Waals surface area contributed by atoms with E-state index in [0.29, 0.717) is 12.0 Å². The number of amides is 5. The average molecular weight is 1340 g/mol. The second-order valence-electron chi connectivity index (χ2n) is 16.9. The van der Waals surface area contributed by atoms with Gasteiger partial charge in [0.1, 0.15) is 0 Å². The maximum Gasteiger partial charge on any atom is 0.337 e. The smallest absolute Gasteiger partial charge is 0.337 e. The molecule has 7 aromatic rings. The standard InChI is InChI=1S/C11H14N2O3.2C9H8N2O3.C8H8N2O3.C8H7NO4.C6H6N2O2.C6H5NO3.C3H3ClO/c1-3-7(2)11(15)16-9-5-4-8(6-13-9)10(12)14;2*1-2-8(12)14-7-4-3-6(5-11-7)9(10)13;1-5(11)13-7-3-2-6(4-10-7)8(9)12;1-5(10)13-7-3-2-6(4-9-7)8(11)12;7-6(10)4-1-2-5(9)8-3-4;8-5-2-1-4(3-7-5)6(9)10;1-2-3(4)5/h4-7H,3H2,1-2H3,(H2,12,14);2*2-5H,1H2,(H2,10,13);2-4H,1H3,(H2,9,12);2-4H,1H3,(H,11,12);1-3H,(H2,7,10)(H,8,9);1-3H,(H,7,8)(H,9,10);2H,1H2. The van der Waals surface area contributed by atoms with Crippen molar-refractivity contribution in [1.82, 2.24) is 34.9 Å². The number of aromatic amines is 2. The molecule has 35 heteroatoms. The third kappa shape index (κ3) is 36.5. The zero-order valence-electron chi connectivity index (χ0n) is 50.3. The molecule has 498 valence electrons. The van der Waals surface area contributed by atoms with Crippen molar-refractivity contribution in [3.63, 3.8) is 0 Å². The molecule has 95 heavy (non-hydrogen) atoms. The van der Waals surface area contributed by atoms with Crippen LogP contribution in [0.3, 0.4) is 0 Å². The van der Waals surface area contributed by atoms with Crippen molar-refractivity contribution in [2.24, 2.45) is 34.6 Å². The van der Waals surface area contributed by atoms with Crippen LogP contribution in [0.5, 0.6) is 29.4 Å². The van der Waals surface area contributed by atoms with Gasteiger partial charge in [0.25, 0.3) is 0 Å². The van der Waals surface area contributed by atoms with Gasteiger partial charge in [0.05, 0.1) is 44.9 Å². The molecule has 5 amide bonds. The predicted octanol–water partition coefficient (Wildman–Crippen LogP) is 2.97. The fourth-order valence-electron chi connectivity index (χ4n) is 4.97. The number of rotatable bonds is 17. The first kappa shape index (κ1) is 81.5. The average Bonchev–Trinajstić information content (AvgIpc) is 1.57. The summed E-state index contributed by atoms with van der Waals surface area (Å²) in [6, 6.07) is 19.0. The minimum atomic E-state index is -1.07. The van der Waals surface area contributed by atoms with E-state index in [1.165, 1.54) is 130 Å². The largest absolute Gasteiger partial charge is 0.478 e. The van der Waals surface area contributed by atoms with E-state index in [1.54, 1.807) is 6.92 Å². The number of nitrogens with one attached hydrogen (secondary N) is 2. The molecule has 0 aliphatic carbocycles. The van der Waals surface area contributed by atoms with Gasteiger partial charge >= 0.3 is 41.8 Å². The van der Waals surface area contributed by atoms with Gasteiger partial charge in [0.15, 0.2) is 0 Å². The zero-order valence-corrected chi connectivity index (χ0v) is 51.1. The molecule has 7 heterocycles. The molecular weight excluding hydrogens is 1280 g/mol.